The molecule has 5 unspecified atom stereocenters. The van der Waals surface area contributed by atoms with Crippen LogP contribution in [0.5, 0.6) is 5.75 Å². The van der Waals surface area contributed by atoms with Crippen molar-refractivity contribution < 1.29 is 44.0 Å². The zero-order chi connectivity index (χ0) is 32.5. The van der Waals surface area contributed by atoms with Crippen molar-refractivity contribution in [1.82, 2.24) is 10.2 Å². The first kappa shape index (κ1) is 37.3. The second-order valence-electron chi connectivity index (χ2n) is 11.6. The second-order valence-corrected chi connectivity index (χ2v) is 11.6. The van der Waals surface area contributed by atoms with E-state index in [1.165, 1.54) is 6.92 Å². The maximum atomic E-state index is 12.8. The van der Waals surface area contributed by atoms with Gasteiger partial charge in [0.1, 0.15) is 41.7 Å². The molecule has 0 aliphatic carbocycles. The number of carbonyl (C=O) groups is 4. The lowest BCUT2D eigenvalue weighted by Crippen LogP contribution is -2.65. The number of ether oxygens (including phenoxy) is 2. The summed E-state index contributed by atoms with van der Waals surface area (Å²) in [5, 5.41) is 32.6. The molecule has 0 saturated carbocycles. The van der Waals surface area contributed by atoms with E-state index in [0.29, 0.717) is 43.9 Å². The summed E-state index contributed by atoms with van der Waals surface area (Å²) in [4.78, 5) is 50.5. The number of unbranched alkanes of at least 4 members (excludes halogenated alkanes) is 5. The van der Waals surface area contributed by atoms with Crippen LogP contribution in [0, 0.1) is 0 Å². The van der Waals surface area contributed by atoms with Gasteiger partial charge in [-0.2, -0.15) is 0 Å². The van der Waals surface area contributed by atoms with Crippen molar-refractivity contribution in [2.24, 2.45) is 0 Å². The van der Waals surface area contributed by atoms with Crippen LogP contribution in [0.4, 0.5) is 0 Å². The minimum atomic E-state index is -1.41. The van der Waals surface area contributed by atoms with Crippen molar-refractivity contribution in [1.29, 1.82) is 0 Å². The van der Waals surface area contributed by atoms with Crippen LogP contribution in [0.3, 0.4) is 0 Å². The molecule has 1 heterocycles. The summed E-state index contributed by atoms with van der Waals surface area (Å²) in [6.45, 7) is 5.67. The Balaban J connectivity index is 1.87. The van der Waals surface area contributed by atoms with E-state index in [4.69, 9.17) is 9.47 Å². The molecule has 248 valence electrons. The summed E-state index contributed by atoms with van der Waals surface area (Å²) in [6, 6.07) is 5.68. The zero-order valence-electron chi connectivity index (χ0n) is 26.5. The van der Waals surface area contributed by atoms with Gasteiger partial charge in [0.05, 0.1) is 6.61 Å². The number of rotatable bonds is 21. The van der Waals surface area contributed by atoms with Crippen LogP contribution in [0.1, 0.15) is 97.0 Å². The monoisotopic (exact) mass is 620 g/mol. The molecule has 2 rings (SSSR count). The fourth-order valence-corrected chi connectivity index (χ4v) is 5.15. The van der Waals surface area contributed by atoms with Gasteiger partial charge in [-0.15, -0.1) is 0 Å². The zero-order valence-corrected chi connectivity index (χ0v) is 26.5. The van der Waals surface area contributed by atoms with Crippen LogP contribution in [0.15, 0.2) is 24.3 Å². The third-order valence-corrected chi connectivity index (χ3v) is 7.86. The van der Waals surface area contributed by atoms with E-state index in [-0.39, 0.29) is 24.5 Å². The second kappa shape index (κ2) is 20.2. The number of aliphatic hydroxyl groups is 3. The van der Waals surface area contributed by atoms with Gasteiger partial charge >= 0.3 is 0 Å². The summed E-state index contributed by atoms with van der Waals surface area (Å²) >= 11 is 0. The van der Waals surface area contributed by atoms with Crippen LogP contribution in [-0.4, -0.2) is 93.9 Å². The first-order valence-corrected chi connectivity index (χ1v) is 16.1. The number of benzene rings is 1. The van der Waals surface area contributed by atoms with E-state index in [9.17, 15) is 34.5 Å². The van der Waals surface area contributed by atoms with E-state index < -0.39 is 43.2 Å². The molecular weight excluding hydrogens is 568 g/mol. The summed E-state index contributed by atoms with van der Waals surface area (Å²) in [5.41, 5.74) is 0.763. The van der Waals surface area contributed by atoms with E-state index >= 15 is 0 Å². The minimum absolute atomic E-state index is 0.0109. The lowest BCUT2D eigenvalue weighted by atomic mass is 9.97. The van der Waals surface area contributed by atoms with E-state index in [1.54, 1.807) is 24.3 Å². The number of nitrogens with zero attached hydrogens (tertiary/aromatic N) is 1. The molecule has 11 heteroatoms. The lowest BCUT2D eigenvalue weighted by molar-refractivity contribution is -0.244. The Kier molecular flexibility index (Phi) is 17.2. The van der Waals surface area contributed by atoms with Gasteiger partial charge in [-0.25, -0.2) is 0 Å². The molecular formula is C33H52N2O9. The van der Waals surface area contributed by atoms with Crippen LogP contribution in [0.2, 0.25) is 0 Å². The molecule has 5 atom stereocenters. The number of aliphatic hydroxyl groups excluding tert-OH is 3. The molecule has 1 aromatic carbocycles. The average molecular weight is 621 g/mol. The third-order valence-electron chi connectivity index (χ3n) is 7.86. The highest BCUT2D eigenvalue weighted by Crippen LogP contribution is 2.25. The van der Waals surface area contributed by atoms with Crippen LogP contribution in [-0.2, 0) is 30.3 Å². The van der Waals surface area contributed by atoms with Gasteiger partial charge in [0.2, 0.25) is 18.1 Å². The predicted octanol–water partition coefficient (Wildman–Crippen LogP) is 2.85. The molecule has 0 spiro atoms. The molecule has 1 fully saturated rings. The van der Waals surface area contributed by atoms with Gasteiger partial charge in [-0.1, -0.05) is 51.7 Å². The minimum Gasteiger partial charge on any atom is -0.463 e. The summed E-state index contributed by atoms with van der Waals surface area (Å²) in [5.74, 6) is 0.301. The van der Waals surface area contributed by atoms with Crippen molar-refractivity contribution >= 4 is 23.4 Å². The van der Waals surface area contributed by atoms with E-state index in [0.717, 1.165) is 50.5 Å². The van der Waals surface area contributed by atoms with Crippen molar-refractivity contribution in [2.45, 2.75) is 128 Å². The van der Waals surface area contributed by atoms with Gasteiger partial charge in [-0.3, -0.25) is 19.2 Å². The number of amides is 2. The maximum absolute atomic E-state index is 12.8. The molecule has 0 radical (unpaired) electrons. The molecule has 0 aromatic heterocycles. The Bertz CT molecular complexity index is 1030. The number of nitrogens with one attached hydrogen (secondary N) is 1. The van der Waals surface area contributed by atoms with Crippen LogP contribution >= 0.6 is 0 Å². The number of hydrogen-bond donors (Lipinski definition) is 4. The Labute approximate surface area is 261 Å². The average Bonchev–Trinajstić information content (AvgIpc) is 3.00. The summed E-state index contributed by atoms with van der Waals surface area (Å²) < 4.78 is 11.4. The summed E-state index contributed by atoms with van der Waals surface area (Å²) in [7, 11) is 0. The van der Waals surface area contributed by atoms with E-state index in [1.807, 2.05) is 18.7 Å². The molecule has 1 aliphatic rings. The summed E-state index contributed by atoms with van der Waals surface area (Å²) in [6.07, 6.45) is 3.65. The van der Waals surface area contributed by atoms with Gasteiger partial charge in [0.25, 0.3) is 0 Å². The topological polar surface area (TPSA) is 163 Å². The molecule has 1 aliphatic heterocycles. The fraction of sp³-hybridized carbons (Fsp3) is 0.697. The normalized spacial score (nSPS) is 21.5. The standard InChI is InChI=1S/C33H52N2O9/c1-4-6-13-29(40)35(19-11-9-7-8-10-12-25(38)5-2)20-18-26(39)21-24-14-16-27(17-15-24)43-33-30(34-23(3)37)32(42)31(41)28(22-36)44-33/h14-17,28,30-33,36,41-42H,4-13,18-22H2,1-3H3,(H,34,37). The Morgan fingerprint density at radius 1 is 0.864 bits per heavy atom. The Morgan fingerprint density at radius 2 is 1.55 bits per heavy atom. The first-order valence-electron chi connectivity index (χ1n) is 16.1. The molecule has 1 saturated heterocycles. The van der Waals surface area contributed by atoms with Crippen molar-refractivity contribution in [3.05, 3.63) is 29.8 Å². The maximum Gasteiger partial charge on any atom is 0.223 e. The molecule has 0 bridgehead atoms. The molecule has 11 nitrogen and oxygen atoms in total. The number of ketones is 2. The third kappa shape index (κ3) is 13.0. The molecule has 44 heavy (non-hydrogen) atoms. The largest absolute Gasteiger partial charge is 0.463 e. The van der Waals surface area contributed by atoms with Crippen molar-refractivity contribution in [3.8, 4) is 5.75 Å². The number of Topliss-reactive ketones (excluding diaryl/α,β-unsaturated/α-hetero) is 2. The molecule has 4 N–H and O–H groups in total. The smallest absolute Gasteiger partial charge is 0.223 e. The highest BCUT2D eigenvalue weighted by molar-refractivity contribution is 5.82. The highest BCUT2D eigenvalue weighted by Gasteiger charge is 2.46. The molecule has 2 amide bonds. The van der Waals surface area contributed by atoms with Gasteiger partial charge in [-0.05, 0) is 37.0 Å². The fourth-order valence-electron chi connectivity index (χ4n) is 5.15. The Morgan fingerprint density at radius 3 is 2.18 bits per heavy atom. The SMILES string of the molecule is CCCCC(=O)N(CCCCCCCC(=O)CC)CCC(=O)Cc1ccc(OC2OC(CO)C(O)C(O)C2NC(C)=O)cc1. The number of hydrogen-bond acceptors (Lipinski definition) is 9. The molecule has 1 aromatic rings. The number of carbonyl (C=O) groups excluding carboxylic acids is 4. The first-order chi connectivity index (χ1) is 21.1. The van der Waals surface area contributed by atoms with Crippen LogP contribution in [0.25, 0.3) is 0 Å². The lowest BCUT2D eigenvalue weighted by Gasteiger charge is -2.42. The van der Waals surface area contributed by atoms with Gasteiger partial charge in [0, 0.05) is 52.1 Å². The highest BCUT2D eigenvalue weighted by atomic mass is 16.7. The quantitative estimate of drug-likeness (QED) is 0.151. The Hall–Kier alpha value is -2.86. The van der Waals surface area contributed by atoms with Gasteiger partial charge in [0.15, 0.2) is 0 Å². The van der Waals surface area contributed by atoms with Crippen molar-refractivity contribution in [2.75, 3.05) is 19.7 Å². The van der Waals surface area contributed by atoms with Crippen LogP contribution < -0.4 is 10.1 Å². The van der Waals surface area contributed by atoms with Gasteiger partial charge < -0.3 is 35.0 Å². The predicted molar refractivity (Wildman–Crippen MR) is 165 cm³/mol. The van der Waals surface area contributed by atoms with E-state index in [2.05, 4.69) is 5.32 Å². The van der Waals surface area contributed by atoms with Crippen molar-refractivity contribution in [3.63, 3.8) is 0 Å².